The summed E-state index contributed by atoms with van der Waals surface area (Å²) in [7, 11) is 0. The molecule has 0 fully saturated rings. The largest absolute Gasteiger partial charge is 0.508 e. The highest BCUT2D eigenvalue weighted by Gasteiger charge is 2.15. The van der Waals surface area contributed by atoms with Crippen LogP contribution in [-0.4, -0.2) is 27.4 Å². The minimum Gasteiger partial charge on any atom is -0.508 e. The second-order valence-electron chi connectivity index (χ2n) is 4.80. The van der Waals surface area contributed by atoms with Gasteiger partial charge in [-0.25, -0.2) is 0 Å². The van der Waals surface area contributed by atoms with Gasteiger partial charge in [0.05, 0.1) is 18.6 Å². The number of benzene rings is 1. The summed E-state index contributed by atoms with van der Waals surface area (Å²) in [4.78, 5) is 14.1. The molecular weight excluding hydrogens is 298 g/mol. The Labute approximate surface area is 134 Å². The minimum atomic E-state index is 0.0522. The van der Waals surface area contributed by atoms with Gasteiger partial charge >= 0.3 is 0 Å². The van der Waals surface area contributed by atoms with Crippen molar-refractivity contribution >= 4 is 17.7 Å². The minimum absolute atomic E-state index is 0.0522. The van der Waals surface area contributed by atoms with E-state index in [2.05, 4.69) is 6.58 Å². The van der Waals surface area contributed by atoms with E-state index in [1.165, 1.54) is 11.8 Å². The molecule has 0 spiro atoms. The lowest BCUT2D eigenvalue weighted by Gasteiger charge is -2.21. The quantitative estimate of drug-likeness (QED) is 0.598. The summed E-state index contributed by atoms with van der Waals surface area (Å²) < 4.78 is 5.34. The van der Waals surface area contributed by atoms with Crippen LogP contribution in [0.25, 0.3) is 0 Å². The van der Waals surface area contributed by atoms with Crippen LogP contribution in [0.1, 0.15) is 11.3 Å². The first-order valence-electron chi connectivity index (χ1n) is 6.95. The lowest BCUT2D eigenvalue weighted by Crippen LogP contribution is -2.31. The molecule has 22 heavy (non-hydrogen) atoms. The summed E-state index contributed by atoms with van der Waals surface area (Å²) in [6.45, 7) is 4.57. The summed E-state index contributed by atoms with van der Waals surface area (Å²) in [6.07, 6.45) is 3.39. The van der Waals surface area contributed by atoms with Crippen LogP contribution in [-0.2, 0) is 17.9 Å². The Bertz CT molecular complexity index is 593. The van der Waals surface area contributed by atoms with Crippen LogP contribution in [0.5, 0.6) is 5.75 Å². The number of nitrogens with zero attached hydrogens (tertiary/aromatic N) is 1. The highest BCUT2D eigenvalue weighted by molar-refractivity contribution is 8.00. The van der Waals surface area contributed by atoms with Crippen molar-refractivity contribution in [2.45, 2.75) is 13.1 Å². The van der Waals surface area contributed by atoms with Gasteiger partial charge in [-0.1, -0.05) is 18.2 Å². The van der Waals surface area contributed by atoms with Crippen molar-refractivity contribution in [1.82, 2.24) is 4.90 Å². The second kappa shape index (κ2) is 8.34. The molecule has 1 heterocycles. The molecular formula is C17H19NO3S. The summed E-state index contributed by atoms with van der Waals surface area (Å²) in [5.41, 5.74) is 0.964. The number of thioether (sulfide) groups is 1. The first kappa shape index (κ1) is 16.2. The number of hydrogen-bond acceptors (Lipinski definition) is 4. The molecule has 1 aromatic heterocycles. The fourth-order valence-corrected chi connectivity index (χ4v) is 2.61. The van der Waals surface area contributed by atoms with Gasteiger partial charge in [0.25, 0.3) is 0 Å². The summed E-state index contributed by atoms with van der Waals surface area (Å²) in [6, 6.07) is 10.5. The van der Waals surface area contributed by atoms with Gasteiger partial charge in [0.1, 0.15) is 11.5 Å². The second-order valence-corrected chi connectivity index (χ2v) is 5.83. The number of furan rings is 1. The Morgan fingerprint density at radius 2 is 2.05 bits per heavy atom. The highest BCUT2D eigenvalue weighted by Crippen LogP contribution is 2.15. The van der Waals surface area contributed by atoms with Crippen LogP contribution < -0.4 is 0 Å². The normalized spacial score (nSPS) is 10.4. The van der Waals surface area contributed by atoms with Crippen LogP contribution in [0.15, 0.2) is 59.7 Å². The Morgan fingerprint density at radius 3 is 2.68 bits per heavy atom. The van der Waals surface area contributed by atoms with Crippen LogP contribution >= 0.6 is 11.8 Å². The molecule has 0 radical (unpaired) electrons. The summed E-state index contributed by atoms with van der Waals surface area (Å²) >= 11 is 1.54. The number of phenols is 1. The molecule has 0 bridgehead atoms. The van der Waals surface area contributed by atoms with Crippen molar-refractivity contribution in [2.75, 3.05) is 11.5 Å². The van der Waals surface area contributed by atoms with Gasteiger partial charge in [-0.05, 0) is 29.8 Å². The molecule has 2 aromatic rings. The van der Waals surface area contributed by atoms with E-state index in [0.717, 1.165) is 17.1 Å². The SMILES string of the molecule is C=CCSCC(=O)N(Cc1ccc(O)cc1)Cc1ccco1. The molecule has 0 aliphatic rings. The third-order valence-electron chi connectivity index (χ3n) is 3.05. The third-order valence-corrected chi connectivity index (χ3v) is 3.97. The third kappa shape index (κ3) is 5.00. The van der Waals surface area contributed by atoms with Gasteiger partial charge < -0.3 is 14.4 Å². The van der Waals surface area contributed by atoms with Gasteiger partial charge in [0.15, 0.2) is 0 Å². The van der Waals surface area contributed by atoms with Gasteiger partial charge in [0.2, 0.25) is 5.91 Å². The maximum Gasteiger partial charge on any atom is 0.233 e. The van der Waals surface area contributed by atoms with E-state index >= 15 is 0 Å². The predicted molar refractivity (Wildman–Crippen MR) is 88.6 cm³/mol. The number of carbonyl (C=O) groups excluding carboxylic acids is 1. The molecule has 1 N–H and O–H groups in total. The van der Waals surface area contributed by atoms with Gasteiger partial charge in [-0.3, -0.25) is 4.79 Å². The highest BCUT2D eigenvalue weighted by atomic mass is 32.2. The smallest absolute Gasteiger partial charge is 0.233 e. The molecule has 1 amide bonds. The number of rotatable bonds is 8. The lowest BCUT2D eigenvalue weighted by molar-refractivity contribution is -0.129. The molecule has 0 saturated carbocycles. The molecule has 0 atom stereocenters. The van der Waals surface area contributed by atoms with Gasteiger partial charge in [-0.2, -0.15) is 0 Å². The topological polar surface area (TPSA) is 53.7 Å². The molecule has 0 aliphatic carbocycles. The van der Waals surface area contributed by atoms with Crippen molar-refractivity contribution < 1.29 is 14.3 Å². The van der Waals surface area contributed by atoms with Crippen LogP contribution in [0.2, 0.25) is 0 Å². The predicted octanol–water partition coefficient (Wildman–Crippen LogP) is 3.43. The van der Waals surface area contributed by atoms with Crippen molar-refractivity contribution in [3.63, 3.8) is 0 Å². The molecule has 0 saturated heterocycles. The first-order valence-corrected chi connectivity index (χ1v) is 8.11. The van der Waals surface area contributed by atoms with Crippen molar-refractivity contribution in [3.05, 3.63) is 66.6 Å². The van der Waals surface area contributed by atoms with E-state index < -0.39 is 0 Å². The standard InChI is InChI=1S/C17H19NO3S/c1-2-10-22-13-17(20)18(12-16-4-3-9-21-16)11-14-5-7-15(19)8-6-14/h2-9,19H,1,10-13H2. The fourth-order valence-electron chi connectivity index (χ4n) is 1.97. The van der Waals surface area contributed by atoms with Gasteiger partial charge in [-0.15, -0.1) is 18.3 Å². The number of amides is 1. The van der Waals surface area contributed by atoms with E-state index in [-0.39, 0.29) is 11.7 Å². The average molecular weight is 317 g/mol. The van der Waals surface area contributed by atoms with Crippen molar-refractivity contribution in [2.24, 2.45) is 0 Å². The molecule has 2 rings (SSSR count). The van der Waals surface area contributed by atoms with Gasteiger partial charge in [0, 0.05) is 12.3 Å². The van der Waals surface area contributed by atoms with Crippen LogP contribution in [0, 0.1) is 0 Å². The Kier molecular flexibility index (Phi) is 6.15. The number of phenolic OH excluding ortho intramolecular Hbond substituents is 1. The molecule has 116 valence electrons. The fraction of sp³-hybridized carbons (Fsp3) is 0.235. The summed E-state index contributed by atoms with van der Waals surface area (Å²) in [5.74, 6) is 2.18. The lowest BCUT2D eigenvalue weighted by atomic mass is 10.2. The zero-order valence-corrected chi connectivity index (χ0v) is 13.1. The maximum atomic E-state index is 12.4. The summed E-state index contributed by atoms with van der Waals surface area (Å²) in [5, 5.41) is 9.34. The average Bonchev–Trinajstić information content (AvgIpc) is 3.02. The Morgan fingerprint density at radius 1 is 1.27 bits per heavy atom. The van der Waals surface area contributed by atoms with E-state index in [4.69, 9.17) is 4.42 Å². The van der Waals surface area contributed by atoms with E-state index in [1.807, 2.05) is 24.3 Å². The van der Waals surface area contributed by atoms with E-state index in [1.54, 1.807) is 29.4 Å². The Hall–Kier alpha value is -2.14. The number of aromatic hydroxyl groups is 1. The van der Waals surface area contributed by atoms with Crippen LogP contribution in [0.4, 0.5) is 0 Å². The van der Waals surface area contributed by atoms with Crippen molar-refractivity contribution in [1.29, 1.82) is 0 Å². The van der Waals surface area contributed by atoms with E-state index in [9.17, 15) is 9.90 Å². The molecule has 4 nitrogen and oxygen atoms in total. The maximum absolute atomic E-state index is 12.4. The Balaban J connectivity index is 2.04. The molecule has 5 heteroatoms. The molecule has 0 unspecified atom stereocenters. The first-order chi connectivity index (χ1) is 10.7. The zero-order valence-electron chi connectivity index (χ0n) is 12.3. The monoisotopic (exact) mass is 317 g/mol. The number of carbonyl (C=O) groups is 1. The molecule has 0 aliphatic heterocycles. The van der Waals surface area contributed by atoms with E-state index in [0.29, 0.717) is 18.8 Å². The zero-order chi connectivity index (χ0) is 15.8. The number of hydrogen-bond donors (Lipinski definition) is 1. The van der Waals surface area contributed by atoms with Crippen molar-refractivity contribution in [3.8, 4) is 5.75 Å². The van der Waals surface area contributed by atoms with Crippen LogP contribution in [0.3, 0.4) is 0 Å². The molecule has 1 aromatic carbocycles.